The Labute approximate surface area is 142 Å². The van der Waals surface area contributed by atoms with Gasteiger partial charge in [-0.15, -0.1) is 5.10 Å². The smallest absolute Gasteiger partial charge is 0.0786 e. The average Bonchev–Trinajstić information content (AvgIpc) is 2.98. The van der Waals surface area contributed by atoms with Gasteiger partial charge in [-0.2, -0.15) is 0 Å². The summed E-state index contributed by atoms with van der Waals surface area (Å²) in [5, 5.41) is 8.46. The van der Waals surface area contributed by atoms with Gasteiger partial charge in [0.05, 0.1) is 17.9 Å². The molecule has 2 aromatic rings. The minimum Gasteiger partial charge on any atom is -0.242 e. The van der Waals surface area contributed by atoms with E-state index >= 15 is 0 Å². The standard InChI is InChI=1S/C17H25N3.C3H8/c1-4-17(15-10-6-5-7-11-15)20-16(13-18-19-20)12-8-9-14(2)3;1-3-2/h5-7,10-11,13-14,17H,4,8-9,12H2,1-3H3;3H2,1-2H3. The molecule has 0 fully saturated rings. The van der Waals surface area contributed by atoms with Crippen LogP contribution >= 0.6 is 0 Å². The minimum atomic E-state index is 0.299. The molecule has 0 aliphatic rings. The topological polar surface area (TPSA) is 30.7 Å². The molecule has 0 saturated carbocycles. The van der Waals surface area contributed by atoms with Crippen LogP contribution in [0.25, 0.3) is 0 Å². The van der Waals surface area contributed by atoms with E-state index in [0.717, 1.165) is 18.8 Å². The zero-order valence-corrected chi connectivity index (χ0v) is 15.5. The van der Waals surface area contributed by atoms with E-state index in [2.05, 4.69) is 79.9 Å². The van der Waals surface area contributed by atoms with E-state index in [1.54, 1.807) is 0 Å². The van der Waals surface area contributed by atoms with Gasteiger partial charge in [-0.05, 0) is 30.7 Å². The lowest BCUT2D eigenvalue weighted by atomic mass is 10.0. The van der Waals surface area contributed by atoms with E-state index in [1.165, 1.54) is 30.5 Å². The Morgan fingerprint density at radius 3 is 2.26 bits per heavy atom. The highest BCUT2D eigenvalue weighted by Gasteiger charge is 2.15. The fourth-order valence-electron chi connectivity index (χ4n) is 2.62. The van der Waals surface area contributed by atoms with Gasteiger partial charge in [0.15, 0.2) is 0 Å². The van der Waals surface area contributed by atoms with E-state index < -0.39 is 0 Å². The molecule has 23 heavy (non-hydrogen) atoms. The van der Waals surface area contributed by atoms with Crippen LogP contribution in [0.2, 0.25) is 0 Å². The number of aromatic nitrogens is 3. The fourth-order valence-corrected chi connectivity index (χ4v) is 2.62. The van der Waals surface area contributed by atoms with Crippen molar-refractivity contribution in [3.05, 3.63) is 47.8 Å². The van der Waals surface area contributed by atoms with Crippen molar-refractivity contribution >= 4 is 0 Å². The summed E-state index contributed by atoms with van der Waals surface area (Å²) in [5.41, 5.74) is 2.56. The van der Waals surface area contributed by atoms with E-state index in [-0.39, 0.29) is 0 Å². The summed E-state index contributed by atoms with van der Waals surface area (Å²) >= 11 is 0. The number of aryl methyl sites for hydroxylation is 1. The van der Waals surface area contributed by atoms with Crippen LogP contribution in [0.5, 0.6) is 0 Å². The second-order valence-electron chi connectivity index (χ2n) is 6.50. The highest BCUT2D eigenvalue weighted by Crippen LogP contribution is 2.23. The Balaban J connectivity index is 0.000000816. The van der Waals surface area contributed by atoms with Gasteiger partial charge >= 0.3 is 0 Å². The number of hydrogen-bond acceptors (Lipinski definition) is 2. The van der Waals surface area contributed by atoms with Crippen molar-refractivity contribution in [3.8, 4) is 0 Å². The zero-order chi connectivity index (χ0) is 17.1. The van der Waals surface area contributed by atoms with Crippen LogP contribution < -0.4 is 0 Å². The van der Waals surface area contributed by atoms with Crippen molar-refractivity contribution in [2.24, 2.45) is 5.92 Å². The molecular formula is C20H33N3. The molecular weight excluding hydrogens is 282 g/mol. The van der Waals surface area contributed by atoms with Gasteiger partial charge in [-0.3, -0.25) is 0 Å². The summed E-state index contributed by atoms with van der Waals surface area (Å²) in [6.45, 7) is 11.0. The zero-order valence-electron chi connectivity index (χ0n) is 15.5. The first-order valence-corrected chi connectivity index (χ1v) is 9.07. The maximum absolute atomic E-state index is 4.33. The molecule has 128 valence electrons. The van der Waals surface area contributed by atoms with Crippen LogP contribution in [0.4, 0.5) is 0 Å². The highest BCUT2D eigenvalue weighted by atomic mass is 15.4. The molecule has 0 aliphatic heterocycles. The van der Waals surface area contributed by atoms with Gasteiger partial charge in [0, 0.05) is 0 Å². The Hall–Kier alpha value is -1.64. The van der Waals surface area contributed by atoms with Crippen molar-refractivity contribution in [1.29, 1.82) is 0 Å². The molecule has 1 aromatic carbocycles. The maximum atomic E-state index is 4.33. The Bertz CT molecular complexity index is 517. The van der Waals surface area contributed by atoms with E-state index in [1.807, 2.05) is 6.20 Å². The van der Waals surface area contributed by atoms with Crippen molar-refractivity contribution in [1.82, 2.24) is 15.0 Å². The van der Waals surface area contributed by atoms with Gasteiger partial charge in [0.2, 0.25) is 0 Å². The molecule has 1 aromatic heterocycles. The third-order valence-corrected chi connectivity index (χ3v) is 3.73. The van der Waals surface area contributed by atoms with Gasteiger partial charge in [0.1, 0.15) is 0 Å². The van der Waals surface area contributed by atoms with Crippen molar-refractivity contribution in [3.63, 3.8) is 0 Å². The molecule has 0 aliphatic carbocycles. The van der Waals surface area contributed by atoms with Crippen LogP contribution in [0.1, 0.15) is 77.6 Å². The van der Waals surface area contributed by atoms with Crippen molar-refractivity contribution in [2.45, 2.75) is 72.8 Å². The molecule has 2 rings (SSSR count). The van der Waals surface area contributed by atoms with Crippen molar-refractivity contribution in [2.75, 3.05) is 0 Å². The minimum absolute atomic E-state index is 0.299. The lowest BCUT2D eigenvalue weighted by molar-refractivity contribution is 0.465. The second-order valence-corrected chi connectivity index (χ2v) is 6.50. The summed E-state index contributed by atoms with van der Waals surface area (Å²) in [6.07, 6.45) is 7.73. The van der Waals surface area contributed by atoms with Crippen LogP contribution in [-0.4, -0.2) is 15.0 Å². The van der Waals surface area contributed by atoms with Crippen molar-refractivity contribution < 1.29 is 0 Å². The molecule has 1 heterocycles. The van der Waals surface area contributed by atoms with Crippen LogP contribution in [0, 0.1) is 5.92 Å². The first-order valence-electron chi connectivity index (χ1n) is 9.07. The largest absolute Gasteiger partial charge is 0.242 e. The first-order chi connectivity index (χ1) is 11.1. The number of nitrogens with zero attached hydrogens (tertiary/aromatic N) is 3. The van der Waals surface area contributed by atoms with E-state index in [0.29, 0.717) is 6.04 Å². The summed E-state index contributed by atoms with van der Waals surface area (Å²) in [7, 11) is 0. The van der Waals surface area contributed by atoms with Gasteiger partial charge in [0.25, 0.3) is 0 Å². The molecule has 1 atom stereocenters. The third-order valence-electron chi connectivity index (χ3n) is 3.73. The van der Waals surface area contributed by atoms with E-state index in [9.17, 15) is 0 Å². The van der Waals surface area contributed by atoms with Gasteiger partial charge in [-0.1, -0.05) is 83.0 Å². The Morgan fingerprint density at radius 2 is 1.70 bits per heavy atom. The molecule has 3 nitrogen and oxygen atoms in total. The SMILES string of the molecule is CCC.CCC(c1ccccc1)n1nncc1CCCC(C)C. The molecule has 0 spiro atoms. The fraction of sp³-hybridized carbons (Fsp3) is 0.600. The van der Waals surface area contributed by atoms with Gasteiger partial charge in [-0.25, -0.2) is 4.68 Å². The quantitative estimate of drug-likeness (QED) is 0.659. The predicted molar refractivity (Wildman–Crippen MR) is 98.6 cm³/mol. The highest BCUT2D eigenvalue weighted by molar-refractivity contribution is 5.20. The van der Waals surface area contributed by atoms with Crippen LogP contribution in [-0.2, 0) is 6.42 Å². The van der Waals surface area contributed by atoms with Crippen LogP contribution in [0.3, 0.4) is 0 Å². The second kappa shape index (κ2) is 11.0. The maximum Gasteiger partial charge on any atom is 0.0786 e. The van der Waals surface area contributed by atoms with Crippen LogP contribution in [0.15, 0.2) is 36.5 Å². The summed E-state index contributed by atoms with van der Waals surface area (Å²) < 4.78 is 2.11. The lowest BCUT2D eigenvalue weighted by Gasteiger charge is -2.18. The molecule has 0 saturated heterocycles. The number of benzene rings is 1. The first kappa shape index (κ1) is 19.4. The molecule has 1 unspecified atom stereocenters. The lowest BCUT2D eigenvalue weighted by Crippen LogP contribution is -2.14. The summed E-state index contributed by atoms with van der Waals surface area (Å²) in [5.74, 6) is 0.760. The summed E-state index contributed by atoms with van der Waals surface area (Å²) in [6, 6.07) is 10.9. The number of hydrogen-bond donors (Lipinski definition) is 0. The normalized spacial score (nSPS) is 11.9. The average molecular weight is 316 g/mol. The Morgan fingerprint density at radius 1 is 1.04 bits per heavy atom. The molecule has 3 heteroatoms. The predicted octanol–water partition coefficient (Wildman–Crippen LogP) is 5.67. The molecule has 0 amide bonds. The molecule has 0 N–H and O–H groups in total. The molecule has 0 bridgehead atoms. The monoisotopic (exact) mass is 315 g/mol. The Kier molecular flexibility index (Phi) is 9.27. The third kappa shape index (κ3) is 6.55. The summed E-state index contributed by atoms with van der Waals surface area (Å²) in [4.78, 5) is 0. The van der Waals surface area contributed by atoms with Gasteiger partial charge < -0.3 is 0 Å². The molecule has 0 radical (unpaired) electrons. The van der Waals surface area contributed by atoms with E-state index in [4.69, 9.17) is 0 Å². The number of rotatable bonds is 7.